The predicted octanol–water partition coefficient (Wildman–Crippen LogP) is 21.9. The fourth-order valence-corrected chi connectivity index (χ4v) is 13.2. The van der Waals surface area contributed by atoms with Crippen LogP contribution in [0.5, 0.6) is 0 Å². The van der Waals surface area contributed by atoms with Gasteiger partial charge in [0.15, 0.2) is 0 Å². The lowest BCUT2D eigenvalue weighted by Gasteiger charge is -2.19. The summed E-state index contributed by atoms with van der Waals surface area (Å²) in [5, 5.41) is 15.0. The summed E-state index contributed by atoms with van der Waals surface area (Å²) in [6.45, 7) is 0. The van der Waals surface area contributed by atoms with Gasteiger partial charge in [-0.05, 0) is 165 Å². The van der Waals surface area contributed by atoms with Crippen LogP contribution in [-0.2, 0) is 0 Å². The Morgan fingerprint density at radius 2 is 0.179 bits per heavy atom. The van der Waals surface area contributed by atoms with E-state index in [0.717, 1.165) is 0 Å². The van der Waals surface area contributed by atoms with Crippen molar-refractivity contribution in [3.05, 3.63) is 291 Å². The molecule has 0 atom stereocenters. The Morgan fingerprint density at radius 3 is 0.282 bits per heavy atom. The van der Waals surface area contributed by atoms with Crippen molar-refractivity contribution in [1.82, 2.24) is 0 Å². The second-order valence-electron chi connectivity index (χ2n) is 21.0. The fourth-order valence-electron chi connectivity index (χ4n) is 13.2. The minimum absolute atomic E-state index is 1.19. The van der Waals surface area contributed by atoms with Gasteiger partial charge in [-0.25, -0.2) is 0 Å². The highest BCUT2D eigenvalue weighted by Gasteiger charge is 2.21. The average molecular weight is 985 g/mol. The molecule has 0 heterocycles. The lowest BCUT2D eigenvalue weighted by molar-refractivity contribution is 1.59. The Balaban J connectivity index is 0.899. The molecule has 0 radical (unpaired) electrons. The molecule has 0 unspecified atom stereocenters. The van der Waals surface area contributed by atoms with E-state index < -0.39 is 0 Å². The first-order valence-corrected chi connectivity index (χ1v) is 27.1. The molecule has 19 aliphatic carbocycles. The highest BCUT2D eigenvalue weighted by molar-refractivity contribution is 6.24. The number of hydrogen-bond acceptors (Lipinski definition) is 0. The van der Waals surface area contributed by atoms with Crippen molar-refractivity contribution in [2.45, 2.75) is 0 Å². The fraction of sp³-hybridized carbons (Fsp3) is 0. The lowest BCUT2D eigenvalue weighted by Crippen LogP contribution is -1.92. The minimum atomic E-state index is 1.19. The van der Waals surface area contributed by atoms with Crippen LogP contribution in [0.3, 0.4) is 0 Å². The van der Waals surface area contributed by atoms with Crippen LogP contribution in [0.25, 0.3) is 165 Å². The highest BCUT2D eigenvalue weighted by atomic mass is 14.2. The molecule has 15 aromatic carbocycles. The topological polar surface area (TPSA) is 0 Å². The maximum Gasteiger partial charge on any atom is -0.00264 e. The lowest BCUT2D eigenvalue weighted by atomic mass is 9.84. The molecule has 0 N–H and O–H groups in total. The largest absolute Gasteiger partial charge is 0.0616 e. The van der Waals surface area contributed by atoms with Gasteiger partial charge in [-0.15, -0.1) is 0 Å². The van der Waals surface area contributed by atoms with E-state index in [9.17, 15) is 0 Å². The molecule has 18 bridgehead atoms. The van der Waals surface area contributed by atoms with Gasteiger partial charge < -0.3 is 0 Å². The Kier molecular flexibility index (Phi) is 10.0. The predicted molar refractivity (Wildman–Crippen MR) is 334 cm³/mol. The quantitative estimate of drug-likeness (QED) is 0.133. The van der Waals surface area contributed by atoms with Crippen LogP contribution in [-0.4, -0.2) is 0 Å². The summed E-state index contributed by atoms with van der Waals surface area (Å²) in [5.41, 5.74) is 22.0. The third kappa shape index (κ3) is 6.94. The summed E-state index contributed by atoms with van der Waals surface area (Å²) in [4.78, 5) is 0. The first-order valence-electron chi connectivity index (χ1n) is 27.1. The van der Waals surface area contributed by atoms with E-state index >= 15 is 0 Å². The summed E-state index contributed by atoms with van der Waals surface area (Å²) in [7, 11) is 0. The van der Waals surface area contributed by atoms with E-state index in [2.05, 4.69) is 291 Å². The number of rotatable bonds is 0. The second-order valence-corrected chi connectivity index (χ2v) is 21.0. The molecule has 15 aromatic rings. The Labute approximate surface area is 453 Å². The summed E-state index contributed by atoms with van der Waals surface area (Å²) in [5.74, 6) is 0. The van der Waals surface area contributed by atoms with Crippen molar-refractivity contribution in [3.8, 4) is 100 Å². The molecular formula is C78H48. The van der Waals surface area contributed by atoms with E-state index in [4.69, 9.17) is 0 Å². The van der Waals surface area contributed by atoms with Crippen molar-refractivity contribution in [3.63, 3.8) is 0 Å². The molecule has 78 heavy (non-hydrogen) atoms. The van der Waals surface area contributed by atoms with Crippen LogP contribution < -0.4 is 0 Å². The molecule has 360 valence electrons. The van der Waals surface area contributed by atoms with Crippen molar-refractivity contribution in [1.29, 1.82) is 0 Å². The first kappa shape index (κ1) is 44.2. The van der Waals surface area contributed by atoms with E-state index in [0.29, 0.717) is 0 Å². The molecule has 0 aromatic heterocycles. The summed E-state index contributed by atoms with van der Waals surface area (Å²) in [6, 6.07) is 109. The second kappa shape index (κ2) is 17.7. The van der Waals surface area contributed by atoms with E-state index in [1.54, 1.807) is 0 Å². The van der Waals surface area contributed by atoms with E-state index in [-0.39, 0.29) is 0 Å². The molecule has 0 saturated carbocycles. The average Bonchev–Trinajstić information content (AvgIpc) is 3.55. The van der Waals surface area contributed by atoms with E-state index in [1.165, 1.54) is 165 Å². The maximum absolute atomic E-state index is 2.31. The zero-order valence-corrected chi connectivity index (χ0v) is 42.7. The monoisotopic (exact) mass is 984 g/mol. The van der Waals surface area contributed by atoms with Gasteiger partial charge in [0, 0.05) is 0 Å². The zero-order valence-electron chi connectivity index (χ0n) is 42.7. The Bertz CT molecular complexity index is 3890. The molecule has 34 rings (SSSR count). The van der Waals surface area contributed by atoms with E-state index in [1.807, 2.05) is 0 Å². The Hall–Kier alpha value is -10.1. The minimum Gasteiger partial charge on any atom is -0.0616 e. The van der Waals surface area contributed by atoms with Crippen LogP contribution in [0.15, 0.2) is 291 Å². The highest BCUT2D eigenvalue weighted by Crippen LogP contribution is 2.48. The van der Waals surface area contributed by atoms with Crippen molar-refractivity contribution in [2.24, 2.45) is 0 Å². The van der Waals surface area contributed by atoms with Gasteiger partial charge >= 0.3 is 0 Å². The van der Waals surface area contributed by atoms with Gasteiger partial charge in [0.1, 0.15) is 0 Å². The van der Waals surface area contributed by atoms with Crippen LogP contribution >= 0.6 is 0 Å². The number of hydrogen-bond donors (Lipinski definition) is 0. The van der Waals surface area contributed by atoms with Crippen LogP contribution in [0.2, 0.25) is 0 Å². The summed E-state index contributed by atoms with van der Waals surface area (Å²) in [6.07, 6.45) is 0. The van der Waals surface area contributed by atoms with Crippen LogP contribution in [0.4, 0.5) is 0 Å². The zero-order chi connectivity index (χ0) is 51.3. The number of benzene rings is 15. The SMILES string of the molecule is c1ccc2c3c4ccccc4c(c2c1)-c1ccc(cc1)-c1ccc(cc1)-c1c2ccccc2c(c2ccccc12)-c1ccc(cc1)-c1ccc(cc1)-c1c2ccccc2c(c2ccccc12)-c1ccc(cc1)-c1ccc-3cc1. The molecule has 0 nitrogen and oxygen atoms in total. The van der Waals surface area contributed by atoms with Gasteiger partial charge in [0.05, 0.1) is 0 Å². The van der Waals surface area contributed by atoms with Gasteiger partial charge in [-0.3, -0.25) is 0 Å². The molecule has 0 aliphatic heterocycles. The standard InChI is InChI=1S/C78H48/c1-2-14-62-61(13-1)73-55-37-25-49(26-38-55)51-29-41-57(42-30-51)75-65-17-5-7-19-67(65)77(68-20-8-6-18-66(68)75)59-45-33-53(34-46-59)54-35-47-60(48-36-54)78-71-23-11-9-21-69(71)76(70-22-10-12-24-72(70)78)58-43-31-52(32-44-58)50-27-39-56(40-28-50)74(62)64-16-4-3-15-63(64)73/h1-48H. The smallest absolute Gasteiger partial charge is 0.00264 e. The normalized spacial score (nSPS) is 11.8. The summed E-state index contributed by atoms with van der Waals surface area (Å²) >= 11 is 0. The Morgan fingerprint density at radius 1 is 0.0897 bits per heavy atom. The maximum atomic E-state index is 2.31. The molecule has 0 saturated heterocycles. The van der Waals surface area contributed by atoms with Crippen LogP contribution in [0, 0.1) is 0 Å². The molecule has 0 amide bonds. The third-order valence-corrected chi connectivity index (χ3v) is 16.8. The van der Waals surface area contributed by atoms with Gasteiger partial charge in [-0.2, -0.15) is 0 Å². The third-order valence-electron chi connectivity index (χ3n) is 16.8. The molecule has 0 heteroatoms. The van der Waals surface area contributed by atoms with Gasteiger partial charge in [0.2, 0.25) is 0 Å². The summed E-state index contributed by atoms with van der Waals surface area (Å²) < 4.78 is 0. The van der Waals surface area contributed by atoms with Crippen molar-refractivity contribution in [2.75, 3.05) is 0 Å². The van der Waals surface area contributed by atoms with Gasteiger partial charge in [0.25, 0.3) is 0 Å². The van der Waals surface area contributed by atoms with Gasteiger partial charge in [-0.1, -0.05) is 291 Å². The van der Waals surface area contributed by atoms with Crippen molar-refractivity contribution >= 4 is 64.6 Å². The molecule has 19 aliphatic rings. The first-order chi connectivity index (χ1) is 38.7. The molecular weight excluding hydrogens is 937 g/mol. The molecule has 0 spiro atoms. The van der Waals surface area contributed by atoms with Crippen molar-refractivity contribution < 1.29 is 0 Å². The molecule has 0 fully saturated rings. The van der Waals surface area contributed by atoms with Crippen LogP contribution in [0.1, 0.15) is 0 Å².